The van der Waals surface area contributed by atoms with E-state index < -0.39 is 5.79 Å². The van der Waals surface area contributed by atoms with Gasteiger partial charge in [0.05, 0.1) is 13.2 Å². The van der Waals surface area contributed by atoms with Gasteiger partial charge < -0.3 is 14.8 Å². The average molecular weight is 157 g/mol. The number of nitrogens with one attached hydrogen (secondary N) is 1. The molecule has 1 unspecified atom stereocenters. The molecule has 0 aromatic carbocycles. The minimum absolute atomic E-state index is 0.0365. The Labute approximate surface area is 64.9 Å². The van der Waals surface area contributed by atoms with Crippen molar-refractivity contribution in [3.63, 3.8) is 0 Å². The molecule has 2 heterocycles. The number of ether oxygens (including phenoxy) is 2. The highest BCUT2D eigenvalue weighted by Crippen LogP contribution is 2.30. The Morgan fingerprint density at radius 3 is 2.55 bits per heavy atom. The van der Waals surface area contributed by atoms with E-state index in [0.29, 0.717) is 19.8 Å². The first kappa shape index (κ1) is 7.06. The molecule has 1 amide bonds. The molecule has 2 aliphatic rings. The van der Waals surface area contributed by atoms with Gasteiger partial charge in [-0.15, -0.1) is 0 Å². The maximum absolute atomic E-state index is 11.0. The molecule has 0 aromatic rings. The fourth-order valence-corrected chi connectivity index (χ4v) is 1.44. The van der Waals surface area contributed by atoms with Crippen molar-refractivity contribution in [1.29, 1.82) is 0 Å². The number of hydrogen-bond acceptors (Lipinski definition) is 3. The van der Waals surface area contributed by atoms with Gasteiger partial charge in [0.2, 0.25) is 5.91 Å². The van der Waals surface area contributed by atoms with Gasteiger partial charge in [-0.1, -0.05) is 0 Å². The number of carbonyl (C=O) groups excluding carboxylic acids is 1. The molecule has 0 bridgehead atoms. The van der Waals surface area contributed by atoms with E-state index in [2.05, 4.69) is 5.32 Å². The highest BCUT2D eigenvalue weighted by atomic mass is 16.7. The fourth-order valence-electron chi connectivity index (χ4n) is 1.44. The van der Waals surface area contributed by atoms with E-state index in [-0.39, 0.29) is 11.8 Å². The Kier molecular flexibility index (Phi) is 1.40. The van der Waals surface area contributed by atoms with Gasteiger partial charge in [0.25, 0.3) is 0 Å². The Morgan fingerprint density at radius 1 is 1.55 bits per heavy atom. The molecule has 0 radical (unpaired) electrons. The molecule has 0 saturated carbocycles. The van der Waals surface area contributed by atoms with E-state index in [0.717, 1.165) is 0 Å². The summed E-state index contributed by atoms with van der Waals surface area (Å²) in [6, 6.07) is 0. The Balaban J connectivity index is 2.07. The minimum atomic E-state index is -0.650. The first-order valence-corrected chi connectivity index (χ1v) is 3.78. The lowest BCUT2D eigenvalue weighted by Gasteiger charge is -2.37. The van der Waals surface area contributed by atoms with Gasteiger partial charge in [-0.3, -0.25) is 4.79 Å². The molecule has 2 aliphatic heterocycles. The third-order valence-electron chi connectivity index (χ3n) is 2.29. The van der Waals surface area contributed by atoms with E-state index in [9.17, 15) is 4.79 Å². The van der Waals surface area contributed by atoms with Crippen LogP contribution >= 0.6 is 0 Å². The van der Waals surface area contributed by atoms with Gasteiger partial charge in [-0.05, 0) is 6.92 Å². The van der Waals surface area contributed by atoms with Crippen molar-refractivity contribution >= 4 is 5.91 Å². The number of β-lactam (4-membered cyclic amide) rings is 1. The molecule has 0 aliphatic carbocycles. The second-order valence-electron chi connectivity index (χ2n) is 3.01. The number of carbonyl (C=O) groups is 1. The molecule has 4 nitrogen and oxygen atoms in total. The largest absolute Gasteiger partial charge is 0.355 e. The molecule has 62 valence electrons. The van der Waals surface area contributed by atoms with Crippen LogP contribution in [0.4, 0.5) is 0 Å². The van der Waals surface area contributed by atoms with Gasteiger partial charge in [-0.2, -0.15) is 0 Å². The molecule has 4 heteroatoms. The van der Waals surface area contributed by atoms with Crippen LogP contribution in [-0.2, 0) is 14.3 Å². The van der Waals surface area contributed by atoms with Gasteiger partial charge in [0.15, 0.2) is 5.79 Å². The summed E-state index contributed by atoms with van der Waals surface area (Å²) in [5.74, 6) is -0.720. The molecule has 2 saturated heterocycles. The Morgan fingerprint density at radius 2 is 2.18 bits per heavy atom. The topological polar surface area (TPSA) is 47.6 Å². The Bertz CT molecular complexity index is 186. The predicted octanol–water partition coefficient (Wildman–Crippen LogP) is -0.505. The van der Waals surface area contributed by atoms with Gasteiger partial charge >= 0.3 is 0 Å². The van der Waals surface area contributed by atoms with Crippen LogP contribution in [0.15, 0.2) is 0 Å². The van der Waals surface area contributed by atoms with Crippen molar-refractivity contribution in [2.75, 3.05) is 19.8 Å². The molecule has 1 N–H and O–H groups in total. The third-order valence-corrected chi connectivity index (χ3v) is 2.29. The second-order valence-corrected chi connectivity index (χ2v) is 3.01. The van der Waals surface area contributed by atoms with Crippen LogP contribution in [0.25, 0.3) is 0 Å². The smallest absolute Gasteiger partial charge is 0.230 e. The maximum atomic E-state index is 11.0. The summed E-state index contributed by atoms with van der Waals surface area (Å²) in [6.07, 6.45) is 0. The van der Waals surface area contributed by atoms with E-state index in [1.54, 1.807) is 0 Å². The standard InChI is InChI=1S/C7H11NO3/c1-7(10-2-3-11-7)5-4-8-6(5)9/h5H,2-4H2,1H3,(H,8,9). The number of rotatable bonds is 1. The quantitative estimate of drug-likeness (QED) is 0.522. The minimum Gasteiger partial charge on any atom is -0.355 e. The molecule has 0 aromatic heterocycles. The summed E-state index contributed by atoms with van der Waals surface area (Å²) < 4.78 is 10.7. The van der Waals surface area contributed by atoms with Crippen molar-refractivity contribution in [3.05, 3.63) is 0 Å². The second kappa shape index (κ2) is 2.19. The molecule has 2 rings (SSSR count). The summed E-state index contributed by atoms with van der Waals surface area (Å²) in [6.45, 7) is 3.69. The molecular weight excluding hydrogens is 146 g/mol. The van der Waals surface area contributed by atoms with Crippen molar-refractivity contribution in [2.45, 2.75) is 12.7 Å². The highest BCUT2D eigenvalue weighted by molar-refractivity contribution is 5.85. The van der Waals surface area contributed by atoms with Crippen molar-refractivity contribution in [2.24, 2.45) is 5.92 Å². The van der Waals surface area contributed by atoms with Crippen LogP contribution in [0.1, 0.15) is 6.92 Å². The van der Waals surface area contributed by atoms with Crippen molar-refractivity contribution in [1.82, 2.24) is 5.32 Å². The fraction of sp³-hybridized carbons (Fsp3) is 0.857. The lowest BCUT2D eigenvalue weighted by molar-refractivity contribution is -0.197. The zero-order chi connectivity index (χ0) is 7.90. The van der Waals surface area contributed by atoms with Gasteiger partial charge in [-0.25, -0.2) is 0 Å². The number of hydrogen-bond donors (Lipinski definition) is 1. The maximum Gasteiger partial charge on any atom is 0.230 e. The predicted molar refractivity (Wildman–Crippen MR) is 36.8 cm³/mol. The Hall–Kier alpha value is -0.610. The first-order chi connectivity index (χ1) is 5.22. The van der Waals surface area contributed by atoms with Crippen LogP contribution in [0.3, 0.4) is 0 Å². The van der Waals surface area contributed by atoms with Crippen LogP contribution < -0.4 is 5.32 Å². The van der Waals surface area contributed by atoms with E-state index >= 15 is 0 Å². The lowest BCUT2D eigenvalue weighted by Crippen LogP contribution is -2.59. The van der Waals surface area contributed by atoms with E-state index in [1.165, 1.54) is 0 Å². The monoisotopic (exact) mass is 157 g/mol. The van der Waals surface area contributed by atoms with Crippen molar-refractivity contribution in [3.8, 4) is 0 Å². The number of amides is 1. The molecular formula is C7H11NO3. The summed E-state index contributed by atoms with van der Waals surface area (Å²) in [7, 11) is 0. The summed E-state index contributed by atoms with van der Waals surface area (Å²) >= 11 is 0. The summed E-state index contributed by atoms with van der Waals surface area (Å²) in [5, 5.41) is 2.66. The van der Waals surface area contributed by atoms with Gasteiger partial charge in [0, 0.05) is 6.54 Å². The van der Waals surface area contributed by atoms with E-state index in [4.69, 9.17) is 9.47 Å². The van der Waals surface area contributed by atoms with Crippen LogP contribution in [0.2, 0.25) is 0 Å². The lowest BCUT2D eigenvalue weighted by atomic mass is 9.93. The summed E-state index contributed by atoms with van der Waals surface area (Å²) in [5.41, 5.74) is 0. The molecule has 11 heavy (non-hydrogen) atoms. The van der Waals surface area contributed by atoms with Crippen molar-refractivity contribution < 1.29 is 14.3 Å². The molecule has 2 fully saturated rings. The van der Waals surface area contributed by atoms with Crippen LogP contribution in [0, 0.1) is 5.92 Å². The first-order valence-electron chi connectivity index (χ1n) is 3.78. The van der Waals surface area contributed by atoms with E-state index in [1.807, 2.05) is 6.92 Å². The zero-order valence-corrected chi connectivity index (χ0v) is 6.42. The highest BCUT2D eigenvalue weighted by Gasteiger charge is 2.48. The summed E-state index contributed by atoms with van der Waals surface area (Å²) in [4.78, 5) is 11.0. The normalized spacial score (nSPS) is 34.6. The van der Waals surface area contributed by atoms with Crippen LogP contribution in [-0.4, -0.2) is 31.5 Å². The zero-order valence-electron chi connectivity index (χ0n) is 6.42. The molecule has 1 atom stereocenters. The van der Waals surface area contributed by atoms with Gasteiger partial charge in [0.1, 0.15) is 5.92 Å². The average Bonchev–Trinajstić information content (AvgIpc) is 2.33. The SMILES string of the molecule is CC1(C2CNC2=O)OCCO1. The third kappa shape index (κ3) is 0.937. The van der Waals surface area contributed by atoms with Crippen LogP contribution in [0.5, 0.6) is 0 Å². The molecule has 0 spiro atoms.